The molecule has 0 N–H and O–H groups in total. The van der Waals surface area contributed by atoms with Crippen LogP contribution in [0.5, 0.6) is 0 Å². The average Bonchev–Trinajstić information content (AvgIpc) is 2.77. The fraction of sp³-hybridized carbons (Fsp3) is 0.267. The molecule has 0 bridgehead atoms. The van der Waals surface area contributed by atoms with Gasteiger partial charge in [0.25, 0.3) is 0 Å². The molecule has 1 aliphatic carbocycles. The van der Waals surface area contributed by atoms with Crippen molar-refractivity contribution >= 4 is 21.7 Å². The number of aromatic nitrogens is 2. The molecular formula is C15H12BrN3O. The number of carbonyl (C=O) groups is 1. The second kappa shape index (κ2) is 4.88. The third-order valence-electron chi connectivity index (χ3n) is 3.57. The second-order valence-corrected chi connectivity index (χ2v) is 5.73. The topological polar surface area (TPSA) is 58.7 Å². The Kier molecular flexibility index (Phi) is 3.19. The largest absolute Gasteiger partial charge is 0.294 e. The molecule has 0 radical (unpaired) electrons. The molecule has 2 aromatic rings. The van der Waals surface area contributed by atoms with Gasteiger partial charge in [-0.2, -0.15) is 10.4 Å². The van der Waals surface area contributed by atoms with E-state index in [1.54, 1.807) is 6.07 Å². The molecule has 0 saturated carbocycles. The van der Waals surface area contributed by atoms with E-state index < -0.39 is 0 Å². The monoisotopic (exact) mass is 329 g/mol. The Morgan fingerprint density at radius 2 is 2.20 bits per heavy atom. The molecule has 0 atom stereocenters. The van der Waals surface area contributed by atoms with Crippen LogP contribution in [-0.4, -0.2) is 15.6 Å². The minimum absolute atomic E-state index is 0.183. The minimum atomic E-state index is 0.183. The molecule has 5 heteroatoms. The van der Waals surface area contributed by atoms with Gasteiger partial charge in [-0.05, 0) is 53.9 Å². The number of aryl methyl sites for hydroxylation is 1. The van der Waals surface area contributed by atoms with E-state index in [-0.39, 0.29) is 5.78 Å². The Balaban J connectivity index is 2.17. The van der Waals surface area contributed by atoms with E-state index in [0.717, 1.165) is 40.0 Å². The van der Waals surface area contributed by atoms with Gasteiger partial charge in [0.05, 0.1) is 28.2 Å². The Labute approximate surface area is 125 Å². The lowest BCUT2D eigenvalue weighted by molar-refractivity contribution is 0.0971. The Morgan fingerprint density at radius 1 is 1.40 bits per heavy atom. The molecule has 20 heavy (non-hydrogen) atoms. The maximum atomic E-state index is 12.0. The molecule has 0 unspecified atom stereocenters. The lowest BCUT2D eigenvalue weighted by atomic mass is 9.94. The lowest BCUT2D eigenvalue weighted by Crippen LogP contribution is -2.13. The van der Waals surface area contributed by atoms with E-state index in [1.165, 1.54) is 0 Å². The van der Waals surface area contributed by atoms with E-state index in [0.29, 0.717) is 12.0 Å². The van der Waals surface area contributed by atoms with E-state index in [9.17, 15) is 4.79 Å². The van der Waals surface area contributed by atoms with E-state index in [4.69, 9.17) is 5.26 Å². The van der Waals surface area contributed by atoms with E-state index >= 15 is 0 Å². The molecule has 0 saturated heterocycles. The smallest absolute Gasteiger partial charge is 0.166 e. The SMILES string of the molecule is Cc1nn(-c2ccc(C#N)c(Br)c2)c2c1C(=O)CCC2. The zero-order valence-electron chi connectivity index (χ0n) is 11.0. The van der Waals surface area contributed by atoms with Crippen molar-refractivity contribution in [3.8, 4) is 11.8 Å². The van der Waals surface area contributed by atoms with Crippen molar-refractivity contribution in [2.45, 2.75) is 26.2 Å². The van der Waals surface area contributed by atoms with Crippen molar-refractivity contribution in [1.82, 2.24) is 9.78 Å². The summed E-state index contributed by atoms with van der Waals surface area (Å²) in [5.74, 6) is 0.183. The molecule has 4 nitrogen and oxygen atoms in total. The van der Waals surface area contributed by atoms with Gasteiger partial charge in [-0.15, -0.1) is 0 Å². The fourth-order valence-corrected chi connectivity index (χ4v) is 3.11. The molecule has 1 aromatic carbocycles. The van der Waals surface area contributed by atoms with Gasteiger partial charge in [0, 0.05) is 10.9 Å². The van der Waals surface area contributed by atoms with Crippen LogP contribution < -0.4 is 0 Å². The molecule has 1 heterocycles. The van der Waals surface area contributed by atoms with Crippen LogP contribution in [0.25, 0.3) is 5.69 Å². The van der Waals surface area contributed by atoms with E-state index in [1.807, 2.05) is 23.7 Å². The van der Waals surface area contributed by atoms with Crippen LogP contribution in [0.3, 0.4) is 0 Å². The minimum Gasteiger partial charge on any atom is -0.294 e. The number of halogens is 1. The van der Waals surface area contributed by atoms with Crippen molar-refractivity contribution in [2.24, 2.45) is 0 Å². The average molecular weight is 330 g/mol. The molecule has 3 rings (SSSR count). The summed E-state index contributed by atoms with van der Waals surface area (Å²) >= 11 is 3.39. The lowest BCUT2D eigenvalue weighted by Gasteiger charge is -2.13. The number of carbonyl (C=O) groups excluding carboxylic acids is 1. The predicted octanol–water partition coefficient (Wildman–Crippen LogP) is 3.33. The molecule has 0 amide bonds. The molecule has 1 aromatic heterocycles. The Hall–Kier alpha value is -1.93. The van der Waals surface area contributed by atoms with Crippen LogP contribution in [0.4, 0.5) is 0 Å². The van der Waals surface area contributed by atoms with Crippen LogP contribution in [0.15, 0.2) is 22.7 Å². The summed E-state index contributed by atoms with van der Waals surface area (Å²) in [6.45, 7) is 1.87. The Bertz CT molecular complexity index is 755. The summed E-state index contributed by atoms with van der Waals surface area (Å²) in [6, 6.07) is 7.60. The van der Waals surface area contributed by atoms with Crippen molar-refractivity contribution in [2.75, 3.05) is 0 Å². The zero-order valence-corrected chi connectivity index (χ0v) is 12.6. The number of hydrogen-bond donors (Lipinski definition) is 0. The summed E-state index contributed by atoms with van der Waals surface area (Å²) in [4.78, 5) is 12.0. The van der Waals surface area contributed by atoms with Gasteiger partial charge in [-0.25, -0.2) is 4.68 Å². The number of nitrogens with zero attached hydrogens (tertiary/aromatic N) is 3. The third-order valence-corrected chi connectivity index (χ3v) is 4.23. The number of hydrogen-bond acceptors (Lipinski definition) is 3. The zero-order chi connectivity index (χ0) is 14.3. The quantitative estimate of drug-likeness (QED) is 0.806. The summed E-state index contributed by atoms with van der Waals surface area (Å²) in [6.07, 6.45) is 2.34. The Morgan fingerprint density at radius 3 is 2.90 bits per heavy atom. The van der Waals surface area contributed by atoms with Crippen LogP contribution in [0.1, 0.15) is 40.2 Å². The first-order valence-electron chi connectivity index (χ1n) is 6.43. The highest BCUT2D eigenvalue weighted by molar-refractivity contribution is 9.10. The summed E-state index contributed by atoms with van der Waals surface area (Å²) in [5.41, 5.74) is 4.00. The highest BCUT2D eigenvalue weighted by atomic mass is 79.9. The van der Waals surface area contributed by atoms with Gasteiger partial charge in [0.1, 0.15) is 6.07 Å². The second-order valence-electron chi connectivity index (χ2n) is 4.87. The number of fused-ring (bicyclic) bond motifs is 1. The number of ketones is 1. The number of nitriles is 1. The highest BCUT2D eigenvalue weighted by Crippen LogP contribution is 2.28. The van der Waals surface area contributed by atoms with Crippen LogP contribution >= 0.6 is 15.9 Å². The summed E-state index contributed by atoms with van der Waals surface area (Å²) in [7, 11) is 0. The van der Waals surface area contributed by atoms with Gasteiger partial charge in [-0.1, -0.05) is 0 Å². The maximum absolute atomic E-state index is 12.0. The standard InChI is InChI=1S/C15H12BrN3O/c1-9-15-13(3-2-4-14(15)20)19(18-9)11-6-5-10(8-17)12(16)7-11/h5-7H,2-4H2,1H3. The molecular weight excluding hydrogens is 318 g/mol. The summed E-state index contributed by atoms with van der Waals surface area (Å²) in [5, 5.41) is 13.5. The number of rotatable bonds is 1. The molecule has 100 valence electrons. The fourth-order valence-electron chi connectivity index (χ4n) is 2.65. The summed E-state index contributed by atoms with van der Waals surface area (Å²) < 4.78 is 2.56. The highest BCUT2D eigenvalue weighted by Gasteiger charge is 2.25. The molecule has 0 aliphatic heterocycles. The molecule has 0 spiro atoms. The van der Waals surface area contributed by atoms with Gasteiger partial charge < -0.3 is 0 Å². The molecule has 1 aliphatic rings. The van der Waals surface area contributed by atoms with Crippen LogP contribution in [-0.2, 0) is 6.42 Å². The van der Waals surface area contributed by atoms with Gasteiger partial charge in [0.15, 0.2) is 5.78 Å². The predicted molar refractivity (Wildman–Crippen MR) is 78.0 cm³/mol. The van der Waals surface area contributed by atoms with Crippen molar-refractivity contribution in [3.05, 3.63) is 45.2 Å². The third kappa shape index (κ3) is 1.97. The van der Waals surface area contributed by atoms with Gasteiger partial charge in [-0.3, -0.25) is 4.79 Å². The number of benzene rings is 1. The van der Waals surface area contributed by atoms with Crippen molar-refractivity contribution in [1.29, 1.82) is 5.26 Å². The number of Topliss-reactive ketones (excluding diaryl/α,β-unsaturated/α-hetero) is 1. The first kappa shape index (κ1) is 13.1. The van der Waals surface area contributed by atoms with Crippen LogP contribution in [0, 0.1) is 18.3 Å². The first-order chi connectivity index (χ1) is 9.61. The normalized spacial score (nSPS) is 13.9. The first-order valence-corrected chi connectivity index (χ1v) is 7.23. The maximum Gasteiger partial charge on any atom is 0.166 e. The van der Waals surface area contributed by atoms with E-state index in [2.05, 4.69) is 27.1 Å². The van der Waals surface area contributed by atoms with Crippen molar-refractivity contribution in [3.63, 3.8) is 0 Å². The van der Waals surface area contributed by atoms with Crippen molar-refractivity contribution < 1.29 is 4.79 Å². The van der Waals surface area contributed by atoms with Gasteiger partial charge >= 0.3 is 0 Å². The van der Waals surface area contributed by atoms with Gasteiger partial charge in [0.2, 0.25) is 0 Å². The molecule has 0 fully saturated rings. The van der Waals surface area contributed by atoms with Crippen LogP contribution in [0.2, 0.25) is 0 Å².